The number of hydrogen-bond acceptors (Lipinski definition) is 4. The first-order valence-corrected chi connectivity index (χ1v) is 9.84. The van der Waals surface area contributed by atoms with E-state index in [9.17, 15) is 9.90 Å². The molecule has 2 aliphatic heterocycles. The van der Waals surface area contributed by atoms with Crippen LogP contribution in [0.5, 0.6) is 0 Å². The highest BCUT2D eigenvalue weighted by Crippen LogP contribution is 2.53. The summed E-state index contributed by atoms with van der Waals surface area (Å²) in [4.78, 5) is 17.4. The minimum atomic E-state index is -0.218. The Hall–Kier alpha value is -2.17. The van der Waals surface area contributed by atoms with E-state index in [-0.39, 0.29) is 35.6 Å². The van der Waals surface area contributed by atoms with Crippen molar-refractivity contribution in [2.75, 3.05) is 0 Å². The van der Waals surface area contributed by atoms with Crippen LogP contribution in [0.3, 0.4) is 0 Å². The number of aryl methyl sites for hydroxylation is 1. The molecule has 5 rings (SSSR count). The van der Waals surface area contributed by atoms with Crippen LogP contribution in [0.25, 0.3) is 16.7 Å². The molecule has 1 aromatic heterocycles. The van der Waals surface area contributed by atoms with Crippen molar-refractivity contribution >= 4 is 23.0 Å². The van der Waals surface area contributed by atoms with Crippen molar-refractivity contribution in [1.82, 2.24) is 4.98 Å². The number of ether oxygens (including phenoxy) is 1. The van der Waals surface area contributed by atoms with Crippen LogP contribution in [0.2, 0.25) is 5.15 Å². The van der Waals surface area contributed by atoms with Crippen molar-refractivity contribution in [3.05, 3.63) is 58.6 Å². The maximum Gasteiger partial charge on any atom is 0.173 e. The number of benzene rings is 1. The zero-order chi connectivity index (χ0) is 18.7. The van der Waals surface area contributed by atoms with E-state index in [0.29, 0.717) is 10.7 Å². The third-order valence-electron chi connectivity index (χ3n) is 6.22. The van der Waals surface area contributed by atoms with Gasteiger partial charge in [0.1, 0.15) is 10.9 Å². The number of pyridine rings is 1. The average Bonchev–Trinajstić information content (AvgIpc) is 3.36. The molecule has 0 unspecified atom stereocenters. The number of ketones is 1. The van der Waals surface area contributed by atoms with Crippen LogP contribution in [0.1, 0.15) is 30.9 Å². The normalized spacial score (nSPS) is 28.9. The van der Waals surface area contributed by atoms with Crippen LogP contribution < -0.4 is 0 Å². The largest absolute Gasteiger partial charge is 0.511 e. The Labute approximate surface area is 162 Å². The number of rotatable bonds is 3. The summed E-state index contributed by atoms with van der Waals surface area (Å²) in [6.45, 7) is 2.06. The highest BCUT2D eigenvalue weighted by Gasteiger charge is 2.59. The predicted octanol–water partition coefficient (Wildman–Crippen LogP) is 4.61. The second-order valence-corrected chi connectivity index (χ2v) is 7.95. The van der Waals surface area contributed by atoms with E-state index in [1.165, 1.54) is 0 Å². The van der Waals surface area contributed by atoms with Crippen LogP contribution in [-0.4, -0.2) is 28.1 Å². The maximum absolute atomic E-state index is 13.2. The molecule has 3 aliphatic rings. The summed E-state index contributed by atoms with van der Waals surface area (Å²) >= 11 is 5.90. The standard InChI is InChI=1S/C22H20ClNO3/c1-2-11-3-4-12(13-5-8-17(23)24-10-13)9-14(11)18-21(25)19-15-6-7-16(27-15)20(19)22(18)26/h3-5,8-10,15-16,19-20,25H,2,6-7H2,1H3/t15-,16+,19-,20+/m1/s1. The molecular weight excluding hydrogens is 362 g/mol. The lowest BCUT2D eigenvalue weighted by Gasteiger charge is -2.19. The van der Waals surface area contributed by atoms with Crippen LogP contribution >= 0.6 is 11.6 Å². The molecule has 3 heterocycles. The van der Waals surface area contributed by atoms with Gasteiger partial charge < -0.3 is 9.84 Å². The number of hydrogen-bond donors (Lipinski definition) is 1. The van der Waals surface area contributed by atoms with Gasteiger partial charge in [-0.25, -0.2) is 4.98 Å². The van der Waals surface area contributed by atoms with E-state index >= 15 is 0 Å². The van der Waals surface area contributed by atoms with Gasteiger partial charge in [0.05, 0.1) is 29.6 Å². The van der Waals surface area contributed by atoms with Crippen molar-refractivity contribution in [3.8, 4) is 11.1 Å². The van der Waals surface area contributed by atoms with Gasteiger partial charge in [-0.05, 0) is 54.2 Å². The molecule has 2 saturated heterocycles. The third kappa shape index (κ3) is 2.47. The Morgan fingerprint density at radius 3 is 2.56 bits per heavy atom. The number of aliphatic hydroxyl groups excluding tert-OH is 1. The molecule has 2 bridgehead atoms. The molecule has 0 spiro atoms. The van der Waals surface area contributed by atoms with E-state index in [0.717, 1.165) is 41.5 Å². The van der Waals surface area contributed by atoms with Gasteiger partial charge in [0.25, 0.3) is 0 Å². The molecule has 0 radical (unpaired) electrons. The fourth-order valence-corrected chi connectivity index (χ4v) is 5.04. The fourth-order valence-electron chi connectivity index (χ4n) is 4.93. The zero-order valence-corrected chi connectivity index (χ0v) is 15.7. The molecule has 4 atom stereocenters. The van der Waals surface area contributed by atoms with Crippen LogP contribution in [0.15, 0.2) is 42.3 Å². The Kier molecular flexibility index (Phi) is 3.88. The first-order valence-electron chi connectivity index (χ1n) is 9.46. The topological polar surface area (TPSA) is 59.4 Å². The van der Waals surface area contributed by atoms with Gasteiger partial charge in [-0.2, -0.15) is 0 Å². The molecule has 1 aliphatic carbocycles. The molecule has 2 fully saturated rings. The van der Waals surface area contributed by atoms with Crippen molar-refractivity contribution in [2.45, 2.75) is 38.4 Å². The number of Topliss-reactive ketones (excluding diaryl/α,β-unsaturated/α-hetero) is 1. The number of carbonyl (C=O) groups excluding carboxylic acids is 1. The minimum Gasteiger partial charge on any atom is -0.511 e. The van der Waals surface area contributed by atoms with Gasteiger partial charge in [0.15, 0.2) is 5.78 Å². The lowest BCUT2D eigenvalue weighted by atomic mass is 9.80. The molecular formula is C22H20ClNO3. The van der Waals surface area contributed by atoms with Crippen molar-refractivity contribution in [1.29, 1.82) is 0 Å². The fraction of sp³-hybridized carbons (Fsp3) is 0.364. The minimum absolute atomic E-state index is 0.0184. The highest BCUT2D eigenvalue weighted by molar-refractivity contribution is 6.29. The Bertz CT molecular complexity index is 966. The van der Waals surface area contributed by atoms with Gasteiger partial charge in [0, 0.05) is 11.8 Å². The Morgan fingerprint density at radius 1 is 1.15 bits per heavy atom. The third-order valence-corrected chi connectivity index (χ3v) is 6.44. The summed E-state index contributed by atoms with van der Waals surface area (Å²) in [5, 5.41) is 11.4. The number of aliphatic hydroxyl groups is 1. The number of allylic oxidation sites excluding steroid dienone is 1. The first-order chi connectivity index (χ1) is 13.1. The van der Waals surface area contributed by atoms with Gasteiger partial charge in [-0.1, -0.05) is 30.7 Å². The number of nitrogens with zero attached hydrogens (tertiary/aromatic N) is 1. The molecule has 4 nitrogen and oxygen atoms in total. The predicted molar refractivity (Wildman–Crippen MR) is 103 cm³/mol. The molecule has 1 N–H and O–H groups in total. The number of fused-ring (bicyclic) bond motifs is 5. The summed E-state index contributed by atoms with van der Waals surface area (Å²) in [6.07, 6.45) is 4.29. The van der Waals surface area contributed by atoms with Gasteiger partial charge in [-0.3, -0.25) is 4.79 Å². The number of halogens is 1. The molecule has 27 heavy (non-hydrogen) atoms. The lowest BCUT2D eigenvalue weighted by molar-refractivity contribution is -0.118. The average molecular weight is 382 g/mol. The maximum atomic E-state index is 13.2. The molecule has 0 amide bonds. The summed E-state index contributed by atoms with van der Waals surface area (Å²) in [6, 6.07) is 9.72. The summed E-state index contributed by atoms with van der Waals surface area (Å²) in [5.41, 5.74) is 4.27. The van der Waals surface area contributed by atoms with E-state index in [1.807, 2.05) is 24.3 Å². The van der Waals surface area contributed by atoms with Gasteiger partial charge in [0.2, 0.25) is 0 Å². The summed E-state index contributed by atoms with van der Waals surface area (Å²) < 4.78 is 5.89. The summed E-state index contributed by atoms with van der Waals surface area (Å²) in [7, 11) is 0. The molecule has 0 saturated carbocycles. The van der Waals surface area contributed by atoms with Gasteiger partial charge >= 0.3 is 0 Å². The van der Waals surface area contributed by atoms with Crippen LogP contribution in [0.4, 0.5) is 0 Å². The number of carbonyl (C=O) groups is 1. The summed E-state index contributed by atoms with van der Waals surface area (Å²) in [5.74, 6) is -0.134. The second kappa shape index (κ2) is 6.18. The quantitative estimate of drug-likeness (QED) is 0.789. The van der Waals surface area contributed by atoms with Gasteiger partial charge in [-0.15, -0.1) is 0 Å². The molecule has 1 aromatic carbocycles. The van der Waals surface area contributed by atoms with Crippen molar-refractivity contribution < 1.29 is 14.6 Å². The molecule has 138 valence electrons. The molecule has 5 heteroatoms. The van der Waals surface area contributed by atoms with E-state index in [1.54, 1.807) is 12.3 Å². The highest BCUT2D eigenvalue weighted by atomic mass is 35.5. The van der Waals surface area contributed by atoms with E-state index < -0.39 is 0 Å². The van der Waals surface area contributed by atoms with Crippen molar-refractivity contribution in [3.63, 3.8) is 0 Å². The monoisotopic (exact) mass is 381 g/mol. The van der Waals surface area contributed by atoms with E-state index in [4.69, 9.17) is 16.3 Å². The number of aromatic nitrogens is 1. The SMILES string of the molecule is CCc1ccc(-c2ccc(Cl)nc2)cc1C1=C(O)[C@H]2[C@@H](C1=O)[C@@H]1CC[C@H]2O1. The van der Waals surface area contributed by atoms with E-state index in [2.05, 4.69) is 11.9 Å². The first kappa shape index (κ1) is 17.0. The Balaban J connectivity index is 1.63. The van der Waals surface area contributed by atoms with Crippen LogP contribution in [-0.2, 0) is 16.0 Å². The second-order valence-electron chi connectivity index (χ2n) is 7.56. The van der Waals surface area contributed by atoms with Crippen LogP contribution in [0, 0.1) is 11.8 Å². The smallest absolute Gasteiger partial charge is 0.173 e. The zero-order valence-electron chi connectivity index (χ0n) is 15.0. The molecule has 2 aromatic rings. The Morgan fingerprint density at radius 2 is 1.89 bits per heavy atom. The lowest BCUT2D eigenvalue weighted by Crippen LogP contribution is -2.29. The van der Waals surface area contributed by atoms with Crippen molar-refractivity contribution in [2.24, 2.45) is 11.8 Å².